The predicted octanol–water partition coefficient (Wildman–Crippen LogP) is 2.37. The molecule has 0 aromatic carbocycles. The maximum atomic E-state index is 10.8. The highest BCUT2D eigenvalue weighted by atomic mass is 19.3. The molecule has 0 saturated carbocycles. The molecule has 2 heteroatoms. The molecule has 0 aliphatic rings. The summed E-state index contributed by atoms with van der Waals surface area (Å²) in [6.45, 7) is 2.00. The van der Waals surface area contributed by atoms with Gasteiger partial charge < -0.3 is 4.94 Å². The molecule has 0 rings (SSSR count). The monoisotopic (exact) mass is 116 g/mol. The van der Waals surface area contributed by atoms with Crippen molar-refractivity contribution in [1.82, 2.24) is 0 Å². The molecular formula is C6H9FO. The Labute approximate surface area is 48.4 Å². The molecule has 0 spiro atoms. The molecule has 0 saturated heterocycles. The molecule has 0 aliphatic carbocycles. The first kappa shape index (κ1) is 7.21. The summed E-state index contributed by atoms with van der Waals surface area (Å²) in [5.41, 5.74) is 0. The molecule has 0 aromatic rings. The zero-order valence-electron chi connectivity index (χ0n) is 4.80. The van der Waals surface area contributed by atoms with Crippen molar-refractivity contribution in [3.63, 3.8) is 0 Å². The Morgan fingerprint density at radius 2 is 2.25 bits per heavy atom. The third kappa shape index (κ3) is 5.21. The predicted molar refractivity (Wildman–Crippen MR) is 30.8 cm³/mol. The van der Waals surface area contributed by atoms with Crippen LogP contribution in [0.1, 0.15) is 13.3 Å². The molecule has 0 bridgehead atoms. The Balaban J connectivity index is 3.13. The van der Waals surface area contributed by atoms with E-state index < -0.39 is 0 Å². The van der Waals surface area contributed by atoms with E-state index in [4.69, 9.17) is 0 Å². The van der Waals surface area contributed by atoms with Gasteiger partial charge >= 0.3 is 0 Å². The normalized spacial score (nSPS) is 11.2. The summed E-state index contributed by atoms with van der Waals surface area (Å²) in [7, 11) is 0. The van der Waals surface area contributed by atoms with Crippen LogP contribution in [-0.2, 0) is 4.94 Å². The van der Waals surface area contributed by atoms with Gasteiger partial charge in [-0.1, -0.05) is 19.1 Å². The van der Waals surface area contributed by atoms with Gasteiger partial charge in [-0.25, -0.2) is 0 Å². The minimum atomic E-state index is 0.955. The maximum Gasteiger partial charge on any atom is 0.136 e. The van der Waals surface area contributed by atoms with Gasteiger partial charge in [0, 0.05) is 4.53 Å². The molecule has 0 amide bonds. The Bertz CT molecular complexity index is 74.5. The third-order valence-electron chi connectivity index (χ3n) is 0.613. The van der Waals surface area contributed by atoms with Gasteiger partial charge in [0.05, 0.1) is 0 Å². The summed E-state index contributed by atoms with van der Waals surface area (Å²) in [4.78, 5) is 3.16. The fourth-order valence-corrected chi connectivity index (χ4v) is 0.290. The third-order valence-corrected chi connectivity index (χ3v) is 0.613. The van der Waals surface area contributed by atoms with Crippen molar-refractivity contribution in [3.05, 3.63) is 24.5 Å². The number of hydrogen-bond donors (Lipinski definition) is 0. The SMILES string of the molecule is CCC=CC=COF. The lowest BCUT2D eigenvalue weighted by Gasteiger charge is -1.73. The number of halogens is 1. The topological polar surface area (TPSA) is 9.23 Å². The molecule has 0 aliphatic heterocycles. The highest BCUT2D eigenvalue weighted by Gasteiger charge is 1.63. The molecule has 0 fully saturated rings. The van der Waals surface area contributed by atoms with Crippen molar-refractivity contribution in [2.75, 3.05) is 0 Å². The van der Waals surface area contributed by atoms with Gasteiger partial charge in [-0.05, 0) is 12.5 Å². The van der Waals surface area contributed by atoms with Crippen LogP contribution in [0.15, 0.2) is 24.5 Å². The van der Waals surface area contributed by atoms with Crippen LogP contribution in [0.4, 0.5) is 4.53 Å². The summed E-state index contributed by atoms with van der Waals surface area (Å²) < 4.78 is 10.8. The molecule has 46 valence electrons. The zero-order chi connectivity index (χ0) is 6.24. The summed E-state index contributed by atoms with van der Waals surface area (Å²) in [6, 6.07) is 0. The van der Waals surface area contributed by atoms with Gasteiger partial charge in [-0.3, -0.25) is 0 Å². The summed E-state index contributed by atoms with van der Waals surface area (Å²) in [5.74, 6) is 0. The molecular weight excluding hydrogens is 107 g/mol. The maximum absolute atomic E-state index is 10.8. The van der Waals surface area contributed by atoms with Gasteiger partial charge in [0.15, 0.2) is 0 Å². The molecule has 8 heavy (non-hydrogen) atoms. The van der Waals surface area contributed by atoms with E-state index in [1.54, 1.807) is 6.08 Å². The lowest BCUT2D eigenvalue weighted by molar-refractivity contribution is -0.0616. The van der Waals surface area contributed by atoms with E-state index in [0.717, 1.165) is 12.7 Å². The lowest BCUT2D eigenvalue weighted by atomic mass is 10.4. The second kappa shape index (κ2) is 6.21. The van der Waals surface area contributed by atoms with E-state index in [0.29, 0.717) is 0 Å². The van der Waals surface area contributed by atoms with Gasteiger partial charge in [0.1, 0.15) is 6.26 Å². The van der Waals surface area contributed by atoms with Crippen molar-refractivity contribution in [2.45, 2.75) is 13.3 Å². The Morgan fingerprint density at radius 3 is 2.75 bits per heavy atom. The highest BCUT2D eigenvalue weighted by Crippen LogP contribution is 1.82. The lowest BCUT2D eigenvalue weighted by Crippen LogP contribution is -1.54. The fourth-order valence-electron chi connectivity index (χ4n) is 0.290. The molecule has 0 aromatic heterocycles. The van der Waals surface area contributed by atoms with Crippen molar-refractivity contribution >= 4 is 0 Å². The van der Waals surface area contributed by atoms with Crippen LogP contribution in [0.2, 0.25) is 0 Å². The van der Waals surface area contributed by atoms with E-state index in [1.807, 2.05) is 13.0 Å². The molecule has 0 heterocycles. The minimum Gasteiger partial charge on any atom is -0.302 e. The average molecular weight is 116 g/mol. The van der Waals surface area contributed by atoms with E-state index in [2.05, 4.69) is 4.94 Å². The number of allylic oxidation sites excluding steroid dienone is 3. The number of rotatable bonds is 3. The summed E-state index contributed by atoms with van der Waals surface area (Å²) >= 11 is 0. The van der Waals surface area contributed by atoms with Gasteiger partial charge in [-0.2, -0.15) is 0 Å². The minimum absolute atomic E-state index is 0.955. The molecule has 0 unspecified atom stereocenters. The Morgan fingerprint density at radius 1 is 1.50 bits per heavy atom. The summed E-state index contributed by atoms with van der Waals surface area (Å²) in [5, 5.41) is 0. The van der Waals surface area contributed by atoms with Crippen molar-refractivity contribution in [3.8, 4) is 0 Å². The van der Waals surface area contributed by atoms with Crippen LogP contribution in [0, 0.1) is 0 Å². The first-order chi connectivity index (χ1) is 3.91. The fraction of sp³-hybridized carbons (Fsp3) is 0.333. The van der Waals surface area contributed by atoms with E-state index >= 15 is 0 Å². The first-order valence-electron chi connectivity index (χ1n) is 2.51. The smallest absolute Gasteiger partial charge is 0.136 e. The standard InChI is InChI=1S/C6H9FO/c1-2-3-4-5-6-8-7/h3-6H,2H2,1H3. The quantitative estimate of drug-likeness (QED) is 0.406. The average Bonchev–Trinajstić information content (AvgIpc) is 1.81. The zero-order valence-corrected chi connectivity index (χ0v) is 4.80. The Hall–Kier alpha value is -0.790. The molecule has 0 atom stereocenters. The van der Waals surface area contributed by atoms with Crippen LogP contribution >= 0.6 is 0 Å². The van der Waals surface area contributed by atoms with Crippen LogP contribution in [0.3, 0.4) is 0 Å². The number of hydrogen-bond acceptors (Lipinski definition) is 1. The second-order valence-electron chi connectivity index (χ2n) is 1.25. The van der Waals surface area contributed by atoms with Crippen LogP contribution in [0.25, 0.3) is 0 Å². The van der Waals surface area contributed by atoms with Gasteiger partial charge in [-0.15, -0.1) is 0 Å². The molecule has 0 radical (unpaired) electrons. The van der Waals surface area contributed by atoms with Gasteiger partial charge in [0.25, 0.3) is 0 Å². The largest absolute Gasteiger partial charge is 0.302 e. The Kier molecular flexibility index (Phi) is 5.60. The van der Waals surface area contributed by atoms with Crippen LogP contribution in [0.5, 0.6) is 0 Å². The molecule has 0 N–H and O–H groups in total. The van der Waals surface area contributed by atoms with Crippen LogP contribution < -0.4 is 0 Å². The second-order valence-corrected chi connectivity index (χ2v) is 1.25. The van der Waals surface area contributed by atoms with E-state index in [9.17, 15) is 4.53 Å². The van der Waals surface area contributed by atoms with Crippen molar-refractivity contribution < 1.29 is 9.47 Å². The first-order valence-corrected chi connectivity index (χ1v) is 2.51. The van der Waals surface area contributed by atoms with E-state index in [1.165, 1.54) is 6.08 Å². The van der Waals surface area contributed by atoms with Gasteiger partial charge in [0.2, 0.25) is 0 Å². The highest BCUT2D eigenvalue weighted by molar-refractivity contribution is 4.98. The van der Waals surface area contributed by atoms with E-state index in [-0.39, 0.29) is 0 Å². The summed E-state index contributed by atoms with van der Waals surface area (Å²) in [6.07, 6.45) is 7.04. The molecule has 1 nitrogen and oxygen atoms in total. The van der Waals surface area contributed by atoms with Crippen molar-refractivity contribution in [2.24, 2.45) is 0 Å². The van der Waals surface area contributed by atoms with Crippen LogP contribution in [-0.4, -0.2) is 0 Å². The van der Waals surface area contributed by atoms with Crippen molar-refractivity contribution in [1.29, 1.82) is 0 Å².